The maximum atomic E-state index is 12.4. The summed E-state index contributed by atoms with van der Waals surface area (Å²) < 4.78 is 7.44. The number of aryl methyl sites for hydroxylation is 2. The topological polar surface area (TPSA) is 92.2 Å². The molecule has 9 nitrogen and oxygen atoms in total. The average molecular weight is 516 g/mol. The van der Waals surface area contributed by atoms with E-state index in [4.69, 9.17) is 9.72 Å². The Balaban J connectivity index is 1.25. The number of pyridine rings is 1. The van der Waals surface area contributed by atoms with E-state index in [9.17, 15) is 4.79 Å². The highest BCUT2D eigenvalue weighted by Gasteiger charge is 2.28. The lowest BCUT2D eigenvalue weighted by molar-refractivity contribution is 0.0110. The first-order valence-corrected chi connectivity index (χ1v) is 13.2. The molecule has 1 aromatic carbocycles. The lowest BCUT2D eigenvalue weighted by atomic mass is 10.1. The van der Waals surface area contributed by atoms with Crippen molar-refractivity contribution >= 4 is 17.1 Å². The van der Waals surface area contributed by atoms with Crippen LogP contribution >= 0.6 is 0 Å². The van der Waals surface area contributed by atoms with Crippen LogP contribution in [-0.4, -0.2) is 72.4 Å². The van der Waals surface area contributed by atoms with Crippen molar-refractivity contribution in [2.75, 3.05) is 26.2 Å². The molecule has 0 bridgehead atoms. The maximum absolute atomic E-state index is 12.4. The molecule has 1 fully saturated rings. The van der Waals surface area contributed by atoms with Crippen molar-refractivity contribution < 1.29 is 9.53 Å². The van der Waals surface area contributed by atoms with Crippen LogP contribution in [0.1, 0.15) is 56.5 Å². The number of H-pyrrole nitrogens is 1. The Bertz CT molecular complexity index is 1440. The Labute approximate surface area is 223 Å². The van der Waals surface area contributed by atoms with E-state index in [2.05, 4.69) is 63.3 Å². The van der Waals surface area contributed by atoms with Gasteiger partial charge in [0.1, 0.15) is 11.4 Å². The van der Waals surface area contributed by atoms with Gasteiger partial charge in [0.2, 0.25) is 0 Å². The first kappa shape index (κ1) is 25.9. The molecule has 1 atom stereocenters. The third-order valence-electron chi connectivity index (χ3n) is 7.01. The number of aromatic amines is 1. The molecule has 1 unspecified atom stereocenters. The molecule has 0 saturated carbocycles. The van der Waals surface area contributed by atoms with Gasteiger partial charge in [0.15, 0.2) is 0 Å². The molecule has 5 rings (SSSR count). The number of piperazine rings is 1. The fraction of sp³-hybridized carbons (Fsp3) is 0.448. The van der Waals surface area contributed by atoms with Crippen LogP contribution in [0.3, 0.4) is 0 Å². The number of amides is 1. The quantitative estimate of drug-likeness (QED) is 0.408. The summed E-state index contributed by atoms with van der Waals surface area (Å²) in [6, 6.07) is 12.8. The van der Waals surface area contributed by atoms with Gasteiger partial charge in [0.05, 0.1) is 22.4 Å². The summed E-state index contributed by atoms with van der Waals surface area (Å²) in [7, 11) is 1.96. The molecule has 4 aromatic rings. The number of imidazole rings is 1. The molecule has 4 heterocycles. The third-order valence-corrected chi connectivity index (χ3v) is 7.01. The minimum Gasteiger partial charge on any atom is -0.444 e. The zero-order valence-corrected chi connectivity index (χ0v) is 23.2. The van der Waals surface area contributed by atoms with Crippen LogP contribution < -0.4 is 0 Å². The summed E-state index contributed by atoms with van der Waals surface area (Å²) in [6.45, 7) is 12.9. The van der Waals surface area contributed by atoms with Gasteiger partial charge < -0.3 is 14.6 Å². The number of carbonyl (C=O) groups excluding carboxylic acids is 1. The minimum atomic E-state index is -0.477. The van der Waals surface area contributed by atoms with E-state index < -0.39 is 5.60 Å². The van der Waals surface area contributed by atoms with Gasteiger partial charge in [-0.15, -0.1) is 0 Å². The van der Waals surface area contributed by atoms with Crippen molar-refractivity contribution in [2.45, 2.75) is 52.7 Å². The number of carbonyl (C=O) groups is 1. The van der Waals surface area contributed by atoms with E-state index in [1.54, 1.807) is 4.90 Å². The normalized spacial score (nSPS) is 15.7. The van der Waals surface area contributed by atoms with Gasteiger partial charge in [-0.25, -0.2) is 9.78 Å². The number of nitrogens with zero attached hydrogens (tertiary/aromatic N) is 6. The molecule has 1 amide bonds. The summed E-state index contributed by atoms with van der Waals surface area (Å²) in [5.41, 5.74) is 6.84. The molecule has 1 aliphatic rings. The van der Waals surface area contributed by atoms with Crippen LogP contribution in [-0.2, 0) is 18.2 Å². The van der Waals surface area contributed by atoms with Crippen molar-refractivity contribution in [1.82, 2.24) is 34.5 Å². The van der Waals surface area contributed by atoms with Crippen molar-refractivity contribution in [3.63, 3.8) is 0 Å². The minimum absolute atomic E-state index is 0.220. The molecule has 0 radical (unpaired) electrons. The average Bonchev–Trinajstić information content (AvgIpc) is 3.43. The van der Waals surface area contributed by atoms with E-state index in [0.29, 0.717) is 19.5 Å². The van der Waals surface area contributed by atoms with Crippen LogP contribution in [0.4, 0.5) is 4.79 Å². The molecule has 200 valence electrons. The zero-order chi connectivity index (χ0) is 27.0. The molecular weight excluding hydrogens is 478 g/mol. The third kappa shape index (κ3) is 5.72. The highest BCUT2D eigenvalue weighted by molar-refractivity contribution is 5.81. The highest BCUT2D eigenvalue weighted by Crippen LogP contribution is 2.26. The summed E-state index contributed by atoms with van der Waals surface area (Å²) in [6.07, 6.45) is 2.27. The van der Waals surface area contributed by atoms with Gasteiger partial charge in [0, 0.05) is 63.1 Å². The van der Waals surface area contributed by atoms with Gasteiger partial charge in [-0.05, 0) is 70.5 Å². The molecule has 38 heavy (non-hydrogen) atoms. The fourth-order valence-corrected chi connectivity index (χ4v) is 5.04. The van der Waals surface area contributed by atoms with Gasteiger partial charge in [-0.1, -0.05) is 6.07 Å². The molecule has 0 aliphatic carbocycles. The summed E-state index contributed by atoms with van der Waals surface area (Å²) in [5.74, 6) is 0.890. The predicted molar refractivity (Wildman–Crippen MR) is 148 cm³/mol. The predicted octanol–water partition coefficient (Wildman–Crippen LogP) is 4.87. The number of rotatable bonds is 5. The monoisotopic (exact) mass is 515 g/mol. The second kappa shape index (κ2) is 10.2. The molecule has 9 heteroatoms. The highest BCUT2D eigenvalue weighted by atomic mass is 16.6. The number of ether oxygens (including phenoxy) is 1. The second-order valence-electron chi connectivity index (χ2n) is 11.1. The van der Waals surface area contributed by atoms with Crippen molar-refractivity contribution in [1.29, 1.82) is 0 Å². The van der Waals surface area contributed by atoms with E-state index in [1.165, 1.54) is 5.56 Å². The zero-order valence-electron chi connectivity index (χ0n) is 23.2. The van der Waals surface area contributed by atoms with E-state index in [-0.39, 0.29) is 12.1 Å². The largest absolute Gasteiger partial charge is 0.444 e. The Morgan fingerprint density at radius 1 is 1.11 bits per heavy atom. The van der Waals surface area contributed by atoms with Crippen LogP contribution in [0, 0.1) is 6.92 Å². The summed E-state index contributed by atoms with van der Waals surface area (Å²) >= 11 is 0. The van der Waals surface area contributed by atoms with Crippen LogP contribution in [0.2, 0.25) is 0 Å². The van der Waals surface area contributed by atoms with E-state index in [0.717, 1.165) is 52.6 Å². The maximum Gasteiger partial charge on any atom is 0.410 e. The molecular formula is C29H37N7O2. The van der Waals surface area contributed by atoms with Gasteiger partial charge >= 0.3 is 6.09 Å². The van der Waals surface area contributed by atoms with Gasteiger partial charge in [-0.2, -0.15) is 5.10 Å². The van der Waals surface area contributed by atoms with E-state index >= 15 is 0 Å². The molecule has 1 aliphatic heterocycles. The second-order valence-corrected chi connectivity index (χ2v) is 11.1. The van der Waals surface area contributed by atoms with Crippen LogP contribution in [0.5, 0.6) is 0 Å². The lowest BCUT2D eigenvalue weighted by Crippen LogP contribution is -2.50. The number of aromatic nitrogens is 5. The SMILES string of the molecule is Cc1cc(-c2ccc3nc(Cc4cc(C(C)N5CCN(C(=O)OC(C)(C)C)CC5)ccn4)[nH]c3c2)n(C)n1. The standard InChI is InChI=1S/C29H37N7O2/c1-19-15-26(34(6)33-19)22-7-8-24-25(17-22)32-27(31-24)18-23-16-21(9-10-30-23)20(2)35-11-13-36(14-12-35)28(37)38-29(3,4)5/h7-10,15-17,20H,11-14,18H2,1-6H3,(H,31,32). The first-order chi connectivity index (χ1) is 18.1. The summed E-state index contributed by atoms with van der Waals surface area (Å²) in [4.78, 5) is 29.5. The number of hydrogen-bond acceptors (Lipinski definition) is 6. The Morgan fingerprint density at radius 3 is 2.55 bits per heavy atom. The number of hydrogen-bond donors (Lipinski definition) is 1. The van der Waals surface area contributed by atoms with Crippen molar-refractivity contribution in [3.05, 3.63) is 65.4 Å². The van der Waals surface area contributed by atoms with Crippen LogP contribution in [0.25, 0.3) is 22.3 Å². The van der Waals surface area contributed by atoms with Crippen molar-refractivity contribution in [3.8, 4) is 11.3 Å². The Kier molecular flexibility index (Phi) is 6.96. The smallest absolute Gasteiger partial charge is 0.410 e. The molecule has 3 aromatic heterocycles. The molecule has 1 N–H and O–H groups in total. The van der Waals surface area contributed by atoms with Gasteiger partial charge in [-0.3, -0.25) is 14.6 Å². The van der Waals surface area contributed by atoms with Gasteiger partial charge in [0.25, 0.3) is 0 Å². The van der Waals surface area contributed by atoms with E-state index in [1.807, 2.05) is 45.6 Å². The lowest BCUT2D eigenvalue weighted by Gasteiger charge is -2.38. The summed E-state index contributed by atoms with van der Waals surface area (Å²) in [5, 5.41) is 4.46. The number of benzene rings is 1. The number of nitrogens with one attached hydrogen (secondary N) is 1. The molecule has 1 saturated heterocycles. The Morgan fingerprint density at radius 2 is 1.87 bits per heavy atom. The van der Waals surface area contributed by atoms with Crippen LogP contribution in [0.15, 0.2) is 42.6 Å². The molecule has 0 spiro atoms. The first-order valence-electron chi connectivity index (χ1n) is 13.2. The number of fused-ring (bicyclic) bond motifs is 1. The van der Waals surface area contributed by atoms with Crippen molar-refractivity contribution in [2.24, 2.45) is 7.05 Å². The Hall–Kier alpha value is -3.72. The fourth-order valence-electron chi connectivity index (χ4n) is 5.04.